The lowest BCUT2D eigenvalue weighted by Crippen LogP contribution is -2.41. The number of pyridine rings is 1. The Labute approximate surface area is 120 Å². The molecule has 20 heavy (non-hydrogen) atoms. The highest BCUT2D eigenvalue weighted by molar-refractivity contribution is 6.65. The zero-order valence-corrected chi connectivity index (χ0v) is 12.7. The maximum absolute atomic E-state index is 6.14. The van der Waals surface area contributed by atoms with Crippen molar-refractivity contribution >= 4 is 23.5 Å². The molecule has 0 atom stereocenters. The molecule has 0 radical (unpaired) electrons. The first-order valence-electron chi connectivity index (χ1n) is 7.02. The fourth-order valence-electron chi connectivity index (χ4n) is 2.46. The largest absolute Gasteiger partial charge is 0.495 e. The van der Waals surface area contributed by atoms with Crippen LogP contribution >= 0.6 is 0 Å². The summed E-state index contributed by atoms with van der Waals surface area (Å²) in [7, 11) is -0.340. The van der Waals surface area contributed by atoms with E-state index in [1.54, 1.807) is 0 Å². The quantitative estimate of drug-likeness (QED) is 0.746. The second kappa shape index (κ2) is 4.30. The van der Waals surface area contributed by atoms with Crippen molar-refractivity contribution in [1.82, 2.24) is 4.98 Å². The Balaban J connectivity index is 2.08. The van der Waals surface area contributed by atoms with E-state index in [1.165, 1.54) is 0 Å². The van der Waals surface area contributed by atoms with E-state index >= 15 is 0 Å². The van der Waals surface area contributed by atoms with Gasteiger partial charge in [-0.25, -0.2) is 0 Å². The molecule has 0 unspecified atom stereocenters. The smallest absolute Gasteiger partial charge is 0.399 e. The Morgan fingerprint density at radius 3 is 2.25 bits per heavy atom. The average Bonchev–Trinajstić information content (AvgIpc) is 2.57. The Morgan fingerprint density at radius 2 is 1.60 bits per heavy atom. The predicted octanol–water partition coefficient (Wildman–Crippen LogP) is 2.84. The molecular formula is C16H20BNO2. The molecular weight excluding hydrogens is 249 g/mol. The molecule has 0 spiro atoms. The molecule has 4 heteroatoms. The minimum Gasteiger partial charge on any atom is -0.399 e. The highest BCUT2D eigenvalue weighted by Crippen LogP contribution is 2.36. The highest BCUT2D eigenvalue weighted by Gasteiger charge is 2.52. The zero-order valence-electron chi connectivity index (χ0n) is 12.7. The van der Waals surface area contributed by atoms with Crippen LogP contribution in [0, 0.1) is 6.92 Å². The van der Waals surface area contributed by atoms with Gasteiger partial charge in [0.2, 0.25) is 0 Å². The number of aromatic nitrogens is 1. The van der Waals surface area contributed by atoms with Crippen LogP contribution < -0.4 is 5.46 Å². The molecule has 1 saturated heterocycles. The van der Waals surface area contributed by atoms with Crippen LogP contribution in [0.15, 0.2) is 30.3 Å². The molecule has 104 valence electrons. The van der Waals surface area contributed by atoms with Gasteiger partial charge in [-0.3, -0.25) is 4.98 Å². The van der Waals surface area contributed by atoms with Gasteiger partial charge in [0.25, 0.3) is 0 Å². The first-order valence-corrected chi connectivity index (χ1v) is 7.02. The molecule has 2 aromatic rings. The van der Waals surface area contributed by atoms with Crippen molar-refractivity contribution in [2.24, 2.45) is 0 Å². The van der Waals surface area contributed by atoms with Gasteiger partial charge in [0.15, 0.2) is 0 Å². The van der Waals surface area contributed by atoms with E-state index in [0.717, 1.165) is 22.1 Å². The lowest BCUT2D eigenvalue weighted by atomic mass is 9.76. The minimum atomic E-state index is -0.340. The van der Waals surface area contributed by atoms with E-state index in [2.05, 4.69) is 44.8 Å². The predicted molar refractivity (Wildman–Crippen MR) is 82.2 cm³/mol. The summed E-state index contributed by atoms with van der Waals surface area (Å²) in [6.07, 6.45) is 0. The summed E-state index contributed by atoms with van der Waals surface area (Å²) >= 11 is 0. The van der Waals surface area contributed by atoms with E-state index in [0.29, 0.717) is 0 Å². The topological polar surface area (TPSA) is 31.4 Å². The van der Waals surface area contributed by atoms with Gasteiger partial charge < -0.3 is 9.31 Å². The summed E-state index contributed by atoms with van der Waals surface area (Å²) in [6, 6.07) is 10.2. The van der Waals surface area contributed by atoms with Crippen LogP contribution in [-0.2, 0) is 9.31 Å². The van der Waals surface area contributed by atoms with E-state index in [1.807, 2.05) is 25.1 Å². The molecule has 0 bridgehead atoms. The summed E-state index contributed by atoms with van der Waals surface area (Å²) in [5.41, 5.74) is 2.41. The van der Waals surface area contributed by atoms with Crippen LogP contribution in [0.3, 0.4) is 0 Å². The van der Waals surface area contributed by atoms with Gasteiger partial charge >= 0.3 is 7.12 Å². The number of hydrogen-bond acceptors (Lipinski definition) is 3. The van der Waals surface area contributed by atoms with Gasteiger partial charge in [-0.2, -0.15) is 0 Å². The molecule has 2 heterocycles. The second-order valence-electron chi connectivity index (χ2n) is 6.45. The first kappa shape index (κ1) is 13.6. The van der Waals surface area contributed by atoms with Crippen LogP contribution in [0.4, 0.5) is 0 Å². The standard InChI is InChI=1S/C16H20BNO2/c1-11-9-10-12-13(7-6-8-14(12)18-11)17-19-15(2,3)16(4,5)20-17/h6-10H,1-5H3. The molecule has 0 saturated carbocycles. The minimum absolute atomic E-state index is 0.321. The number of fused-ring (bicyclic) bond motifs is 1. The fourth-order valence-corrected chi connectivity index (χ4v) is 2.46. The normalized spacial score (nSPS) is 20.6. The Kier molecular flexibility index (Phi) is 2.92. The van der Waals surface area contributed by atoms with E-state index in [-0.39, 0.29) is 18.3 Å². The van der Waals surface area contributed by atoms with Crippen molar-refractivity contribution in [2.75, 3.05) is 0 Å². The van der Waals surface area contributed by atoms with Crippen molar-refractivity contribution in [2.45, 2.75) is 45.8 Å². The summed E-state index contributed by atoms with van der Waals surface area (Å²) < 4.78 is 12.3. The highest BCUT2D eigenvalue weighted by atomic mass is 16.7. The van der Waals surface area contributed by atoms with Gasteiger partial charge in [0.05, 0.1) is 16.7 Å². The number of rotatable bonds is 1. The molecule has 1 aliphatic rings. The summed E-state index contributed by atoms with van der Waals surface area (Å²) in [5, 5.41) is 1.09. The Bertz CT molecular complexity index is 651. The summed E-state index contributed by atoms with van der Waals surface area (Å²) in [5.74, 6) is 0. The molecule has 0 amide bonds. The van der Waals surface area contributed by atoms with Gasteiger partial charge in [-0.1, -0.05) is 18.2 Å². The third-order valence-corrected chi connectivity index (χ3v) is 4.41. The molecule has 1 fully saturated rings. The van der Waals surface area contributed by atoms with E-state index in [9.17, 15) is 0 Å². The van der Waals surface area contributed by atoms with Crippen molar-refractivity contribution in [3.05, 3.63) is 36.0 Å². The SMILES string of the molecule is Cc1ccc2c(B3OC(C)(C)C(C)(C)O3)cccc2n1. The molecule has 1 aromatic carbocycles. The van der Waals surface area contributed by atoms with Crippen LogP contribution in [-0.4, -0.2) is 23.3 Å². The Morgan fingerprint density at radius 1 is 0.950 bits per heavy atom. The van der Waals surface area contributed by atoms with Crippen LogP contribution in [0.2, 0.25) is 0 Å². The average molecular weight is 269 g/mol. The van der Waals surface area contributed by atoms with Crippen molar-refractivity contribution < 1.29 is 9.31 Å². The summed E-state index contributed by atoms with van der Waals surface area (Å²) in [4.78, 5) is 4.57. The van der Waals surface area contributed by atoms with Crippen molar-refractivity contribution in [3.63, 3.8) is 0 Å². The van der Waals surface area contributed by atoms with E-state index in [4.69, 9.17) is 9.31 Å². The third-order valence-electron chi connectivity index (χ3n) is 4.41. The van der Waals surface area contributed by atoms with Gasteiger partial charge in [-0.05, 0) is 57.6 Å². The second-order valence-corrected chi connectivity index (χ2v) is 6.45. The maximum Gasteiger partial charge on any atom is 0.495 e. The number of hydrogen-bond donors (Lipinski definition) is 0. The Hall–Kier alpha value is -1.39. The zero-order chi connectivity index (χ0) is 14.5. The molecule has 3 rings (SSSR count). The van der Waals surface area contributed by atoms with Crippen molar-refractivity contribution in [1.29, 1.82) is 0 Å². The van der Waals surface area contributed by atoms with Crippen LogP contribution in [0.1, 0.15) is 33.4 Å². The lowest BCUT2D eigenvalue weighted by molar-refractivity contribution is 0.00578. The lowest BCUT2D eigenvalue weighted by Gasteiger charge is -2.32. The molecule has 1 aliphatic heterocycles. The number of aryl methyl sites for hydroxylation is 1. The number of nitrogens with zero attached hydrogens (tertiary/aromatic N) is 1. The van der Waals surface area contributed by atoms with Gasteiger partial charge in [0, 0.05) is 5.69 Å². The fraction of sp³-hybridized carbons (Fsp3) is 0.438. The molecule has 0 aliphatic carbocycles. The summed E-state index contributed by atoms with van der Waals surface area (Å²) in [6.45, 7) is 10.3. The third kappa shape index (κ3) is 2.04. The monoisotopic (exact) mass is 269 g/mol. The molecule has 0 N–H and O–H groups in total. The van der Waals surface area contributed by atoms with Gasteiger partial charge in [-0.15, -0.1) is 0 Å². The van der Waals surface area contributed by atoms with Crippen LogP contribution in [0.5, 0.6) is 0 Å². The first-order chi connectivity index (χ1) is 9.30. The maximum atomic E-state index is 6.14. The van der Waals surface area contributed by atoms with Crippen molar-refractivity contribution in [3.8, 4) is 0 Å². The molecule has 3 nitrogen and oxygen atoms in total. The van der Waals surface area contributed by atoms with Crippen LogP contribution in [0.25, 0.3) is 10.9 Å². The molecule has 1 aromatic heterocycles. The number of benzene rings is 1. The van der Waals surface area contributed by atoms with Gasteiger partial charge in [0.1, 0.15) is 0 Å². The van der Waals surface area contributed by atoms with E-state index < -0.39 is 0 Å².